The summed E-state index contributed by atoms with van der Waals surface area (Å²) in [5.41, 5.74) is 2.12. The maximum Gasteiger partial charge on any atom is 0.305 e. The molecule has 470 valence electrons. The van der Waals surface area contributed by atoms with Crippen LogP contribution in [0.2, 0.25) is 0 Å². The summed E-state index contributed by atoms with van der Waals surface area (Å²) in [5, 5.41) is 5.87. The number of benzene rings is 2. The first-order valence-electron chi connectivity index (χ1n) is 31.3. The summed E-state index contributed by atoms with van der Waals surface area (Å²) in [5.74, 6) is 4.26. The molecule has 2 unspecified atom stereocenters. The minimum atomic E-state index is -0.941. The number of carbonyl (C=O) groups is 8. The van der Waals surface area contributed by atoms with Crippen LogP contribution in [0.1, 0.15) is 150 Å². The molecule has 12 atom stereocenters. The van der Waals surface area contributed by atoms with Gasteiger partial charge in [0.25, 0.3) is 0 Å². The Morgan fingerprint density at radius 2 is 1.40 bits per heavy atom. The number of methoxy groups -OCH3 is 2. The lowest BCUT2D eigenvalue weighted by Gasteiger charge is -2.41. The van der Waals surface area contributed by atoms with Crippen molar-refractivity contribution in [3.05, 3.63) is 65.7 Å². The number of esters is 1. The van der Waals surface area contributed by atoms with Crippen LogP contribution in [0.25, 0.3) is 0 Å². The third-order valence-electron chi connectivity index (χ3n) is 18.1. The predicted molar refractivity (Wildman–Crippen MR) is 329 cm³/mol. The Labute approximate surface area is 507 Å². The highest BCUT2D eigenvalue weighted by molar-refractivity contribution is 5.95. The molecule has 85 heavy (non-hydrogen) atoms. The fourth-order valence-corrected chi connectivity index (χ4v) is 13.0. The van der Waals surface area contributed by atoms with Gasteiger partial charge in [0.2, 0.25) is 23.6 Å². The molecule has 3 aliphatic rings. The zero-order valence-corrected chi connectivity index (χ0v) is 53.3. The molecule has 1 saturated carbocycles. The number of likely N-dealkylation sites (tertiary alicyclic amines) is 1. The van der Waals surface area contributed by atoms with E-state index in [0.717, 1.165) is 36.8 Å². The van der Waals surface area contributed by atoms with Gasteiger partial charge in [-0.15, -0.1) is 11.8 Å². The number of amides is 4. The van der Waals surface area contributed by atoms with Gasteiger partial charge in [-0.3, -0.25) is 43.3 Å². The number of likely N-dealkylation sites (N-methyl/N-ethyl adjacent to an activating group) is 2. The Kier molecular flexibility index (Phi) is 28.4. The van der Waals surface area contributed by atoms with E-state index in [2.05, 4.69) is 22.5 Å². The van der Waals surface area contributed by atoms with E-state index in [1.54, 1.807) is 62.1 Å². The van der Waals surface area contributed by atoms with Gasteiger partial charge in [-0.2, -0.15) is 0 Å². The van der Waals surface area contributed by atoms with Gasteiger partial charge in [-0.05, 0) is 111 Å². The number of hydrogen-bond donors (Lipinski definition) is 2. The molecule has 0 bridgehead atoms. The SMILES string of the molecule is CC[C@H](C)[C@@H]([C@@H](CC(=O)N1CCC[C@H]1[C@H](OC)[C@@H](C)C(=O)N[C@@H](Cc1ccccc1)C(=O)COCc1ccc(NC(=O)[C@@H](C)CC(=O)CCCC(=O)OCC2C3CCC#CCCC32)cc1)OC)N(C)C(=O)[C@@H](CC(=O)[C@H](C(C)C)N(C)C)C(C)C. The van der Waals surface area contributed by atoms with Crippen LogP contribution in [0, 0.1) is 65.1 Å². The van der Waals surface area contributed by atoms with E-state index in [4.69, 9.17) is 18.9 Å². The molecule has 2 aromatic carbocycles. The van der Waals surface area contributed by atoms with Crippen molar-refractivity contribution < 1.29 is 57.3 Å². The van der Waals surface area contributed by atoms with E-state index in [1.165, 1.54) is 7.11 Å². The van der Waals surface area contributed by atoms with Gasteiger partial charge in [0.15, 0.2) is 11.6 Å². The summed E-state index contributed by atoms with van der Waals surface area (Å²) in [6, 6.07) is 14.2. The molecule has 2 N–H and O–H groups in total. The maximum atomic E-state index is 14.6. The van der Waals surface area contributed by atoms with Crippen LogP contribution in [-0.4, -0.2) is 153 Å². The summed E-state index contributed by atoms with van der Waals surface area (Å²) in [4.78, 5) is 115. The normalized spacial score (nSPS) is 20.6. The van der Waals surface area contributed by atoms with Crippen LogP contribution < -0.4 is 10.6 Å². The number of ketones is 3. The minimum Gasteiger partial charge on any atom is -0.465 e. The van der Waals surface area contributed by atoms with Gasteiger partial charge in [-0.1, -0.05) is 104 Å². The van der Waals surface area contributed by atoms with Crippen LogP contribution >= 0.6 is 0 Å². The number of ether oxygens (including phenoxy) is 4. The number of Topliss-reactive ketones (excluding diaryl/α,β-unsaturated/α-hetero) is 3. The minimum absolute atomic E-state index is 0.0170. The van der Waals surface area contributed by atoms with Crippen LogP contribution in [0.15, 0.2) is 54.6 Å². The predicted octanol–water partition coefficient (Wildman–Crippen LogP) is 8.92. The Morgan fingerprint density at radius 3 is 1.99 bits per heavy atom. The van der Waals surface area contributed by atoms with Gasteiger partial charge in [0, 0.05) is 83.9 Å². The number of hydrogen-bond acceptors (Lipinski definition) is 13. The molecule has 4 amide bonds. The second-order valence-electron chi connectivity index (χ2n) is 25.3. The topological polar surface area (TPSA) is 207 Å². The lowest BCUT2D eigenvalue weighted by atomic mass is 9.83. The van der Waals surface area contributed by atoms with Crippen molar-refractivity contribution in [3.8, 4) is 11.8 Å². The molecular formula is C68H101N5O12. The number of fused-ring (bicyclic) bond motifs is 1. The van der Waals surface area contributed by atoms with Crippen LogP contribution in [0.5, 0.6) is 0 Å². The molecule has 1 heterocycles. The van der Waals surface area contributed by atoms with E-state index >= 15 is 0 Å². The van der Waals surface area contributed by atoms with E-state index in [-0.39, 0.29) is 117 Å². The highest BCUT2D eigenvalue weighted by atomic mass is 16.5. The monoisotopic (exact) mass is 1180 g/mol. The van der Waals surface area contributed by atoms with Crippen molar-refractivity contribution in [2.75, 3.05) is 60.4 Å². The van der Waals surface area contributed by atoms with Gasteiger partial charge < -0.3 is 39.4 Å². The van der Waals surface area contributed by atoms with Gasteiger partial charge in [0.1, 0.15) is 12.4 Å². The lowest BCUT2D eigenvalue weighted by molar-refractivity contribution is -0.149. The third kappa shape index (κ3) is 20.7. The van der Waals surface area contributed by atoms with Crippen LogP contribution in [0.4, 0.5) is 5.69 Å². The zero-order chi connectivity index (χ0) is 62.5. The highest BCUT2D eigenvalue weighted by Gasteiger charge is 2.49. The molecule has 17 heteroatoms. The first-order chi connectivity index (χ1) is 40.5. The Morgan fingerprint density at radius 1 is 0.741 bits per heavy atom. The average Bonchev–Trinajstić information content (AvgIpc) is 2.31. The maximum absolute atomic E-state index is 14.6. The molecular weight excluding hydrogens is 1080 g/mol. The second-order valence-corrected chi connectivity index (χ2v) is 25.3. The molecule has 2 fully saturated rings. The van der Waals surface area contributed by atoms with E-state index in [1.807, 2.05) is 90.9 Å². The molecule has 2 aromatic rings. The lowest BCUT2D eigenvalue weighted by Crippen LogP contribution is -2.55. The molecule has 17 nitrogen and oxygen atoms in total. The first-order valence-corrected chi connectivity index (χ1v) is 31.3. The van der Waals surface area contributed by atoms with Crippen LogP contribution in [-0.2, 0) is 70.3 Å². The Balaban J connectivity index is 1.12. The summed E-state index contributed by atoms with van der Waals surface area (Å²) >= 11 is 0. The number of rotatable bonds is 36. The standard InChI is InChI=1S/C68H101N5O12/c1-14-45(6)64(72(11)68(81)54(43(2)3)38-58(75)63(44(4)5)71(9)10)60(82-12)39-61(77)73-35-23-29-57(73)65(83-13)47(8)67(80)70-56(37-48-24-18-17-19-25-48)59(76)42-84-40-49-31-33-50(34-32-49)69-66(79)46(7)36-51(74)26-22-30-62(78)85-41-55-52-27-20-15-16-21-28-53(52)55/h17-19,24-25,31-34,43-47,52-57,60,63-65H,14,20-23,26-30,35-42H2,1-13H3,(H,69,79)(H,70,80)/t45-,46-,47+,52?,53?,54-,55?,56-,57-,60+,63-,64-,65+/m0/s1. The van der Waals surface area contributed by atoms with E-state index in [0.29, 0.717) is 62.3 Å². The molecule has 0 aromatic heterocycles. The summed E-state index contributed by atoms with van der Waals surface area (Å²) in [6.07, 6.45) is 5.65. The zero-order valence-electron chi connectivity index (χ0n) is 53.3. The second kappa shape index (κ2) is 34.5. The van der Waals surface area contributed by atoms with Gasteiger partial charge in [0.05, 0.1) is 61.9 Å². The molecule has 1 saturated heterocycles. The summed E-state index contributed by atoms with van der Waals surface area (Å²) in [7, 11) is 8.61. The molecule has 0 radical (unpaired) electrons. The smallest absolute Gasteiger partial charge is 0.305 e. The number of nitrogens with zero attached hydrogens (tertiary/aromatic N) is 3. The number of carbonyl (C=O) groups excluding carboxylic acids is 8. The van der Waals surface area contributed by atoms with Crippen molar-refractivity contribution in [3.63, 3.8) is 0 Å². The fraction of sp³-hybridized carbons (Fsp3) is 0.676. The van der Waals surface area contributed by atoms with Crippen molar-refractivity contribution >= 4 is 52.6 Å². The van der Waals surface area contributed by atoms with Crippen molar-refractivity contribution in [1.29, 1.82) is 0 Å². The Hall–Kier alpha value is -5.80. The fourth-order valence-electron chi connectivity index (χ4n) is 13.0. The van der Waals surface area contributed by atoms with E-state index in [9.17, 15) is 38.4 Å². The summed E-state index contributed by atoms with van der Waals surface area (Å²) < 4.78 is 23.7. The third-order valence-corrected chi connectivity index (χ3v) is 18.1. The Bertz CT molecular complexity index is 2550. The van der Waals surface area contributed by atoms with Crippen molar-refractivity contribution in [1.82, 2.24) is 20.0 Å². The number of nitrogens with one attached hydrogen (secondary N) is 2. The summed E-state index contributed by atoms with van der Waals surface area (Å²) in [6.45, 7) is 16.2. The molecule has 2 aliphatic carbocycles. The van der Waals surface area contributed by atoms with Crippen molar-refractivity contribution in [2.24, 2.45) is 53.3 Å². The van der Waals surface area contributed by atoms with Gasteiger partial charge in [-0.25, -0.2) is 0 Å². The van der Waals surface area contributed by atoms with Crippen molar-refractivity contribution in [2.45, 2.75) is 188 Å². The van der Waals surface area contributed by atoms with Gasteiger partial charge >= 0.3 is 5.97 Å². The quantitative estimate of drug-likeness (QED) is 0.0483. The highest BCUT2D eigenvalue weighted by Crippen LogP contribution is 2.52. The first kappa shape index (κ1) is 70.0. The van der Waals surface area contributed by atoms with E-state index < -0.39 is 54.0 Å². The van der Waals surface area contributed by atoms with Crippen LogP contribution in [0.3, 0.4) is 0 Å². The average molecular weight is 1180 g/mol. The molecule has 0 spiro atoms. The largest absolute Gasteiger partial charge is 0.465 e. The molecule has 1 aliphatic heterocycles. The molecule has 5 rings (SSSR count). The number of anilines is 1.